The van der Waals surface area contributed by atoms with Gasteiger partial charge in [0.05, 0.1) is 0 Å². The van der Waals surface area contributed by atoms with Crippen LogP contribution in [0.25, 0.3) is 11.1 Å². The monoisotopic (exact) mass is 590 g/mol. The molecule has 10 atom stereocenters. The zero-order valence-corrected chi connectivity index (χ0v) is 26.2. The second-order valence-corrected chi connectivity index (χ2v) is 15.9. The maximum absolute atomic E-state index is 11.5. The average Bonchev–Trinajstić information content (AvgIpc) is 3.46. The second kappa shape index (κ2) is 9.31. The lowest BCUT2D eigenvalue weighted by molar-refractivity contribution is -0.0648. The fourth-order valence-corrected chi connectivity index (χ4v) is 12.4. The van der Waals surface area contributed by atoms with Crippen LogP contribution in [0.2, 0.25) is 0 Å². The SMILES string of the molecule is C#C[C@]1(O)CC[C@H]2[C@@H]3CCc4c(ccc(O)c4-c4c(O)ccc5c4CC[C@@H]4[C@@H]5CC[C@@]5(C)[C@H]4CC[C@@]5(O)C#C)[C@H]3CC[C@@]21C. The molecular weight excluding hydrogens is 544 g/mol. The van der Waals surface area contributed by atoms with Crippen LogP contribution >= 0.6 is 0 Å². The Morgan fingerprint density at radius 2 is 1.02 bits per heavy atom. The van der Waals surface area contributed by atoms with Crippen LogP contribution < -0.4 is 0 Å². The van der Waals surface area contributed by atoms with Crippen LogP contribution in [-0.4, -0.2) is 31.6 Å². The fourth-order valence-electron chi connectivity index (χ4n) is 12.4. The molecule has 2 aromatic carbocycles. The third-order valence-electron chi connectivity index (χ3n) is 14.8. The molecule has 6 aliphatic carbocycles. The van der Waals surface area contributed by atoms with Crippen molar-refractivity contribution >= 4 is 0 Å². The molecule has 6 aliphatic rings. The van der Waals surface area contributed by atoms with Gasteiger partial charge in [-0.1, -0.05) is 37.8 Å². The predicted molar refractivity (Wildman–Crippen MR) is 172 cm³/mol. The Kier molecular flexibility index (Phi) is 6.04. The van der Waals surface area contributed by atoms with Crippen molar-refractivity contribution in [1.29, 1.82) is 0 Å². The Morgan fingerprint density at radius 1 is 0.614 bits per heavy atom. The molecule has 44 heavy (non-hydrogen) atoms. The Labute approximate surface area is 262 Å². The average molecular weight is 591 g/mol. The van der Waals surface area contributed by atoms with Crippen LogP contribution in [0.4, 0.5) is 0 Å². The summed E-state index contributed by atoms with van der Waals surface area (Å²) < 4.78 is 0. The Bertz CT molecular complexity index is 1520. The third kappa shape index (κ3) is 3.40. The number of benzene rings is 2. The molecule has 230 valence electrons. The number of aromatic hydroxyl groups is 2. The summed E-state index contributed by atoms with van der Waals surface area (Å²) in [6.45, 7) is 4.43. The van der Waals surface area contributed by atoms with Crippen molar-refractivity contribution in [3.63, 3.8) is 0 Å². The molecule has 0 radical (unpaired) electrons. The van der Waals surface area contributed by atoms with Gasteiger partial charge in [0.1, 0.15) is 22.7 Å². The largest absolute Gasteiger partial charge is 0.507 e. The van der Waals surface area contributed by atoms with Crippen LogP contribution in [0, 0.1) is 59.2 Å². The highest BCUT2D eigenvalue weighted by Crippen LogP contribution is 2.67. The molecule has 8 rings (SSSR count). The van der Waals surface area contributed by atoms with E-state index in [0.717, 1.165) is 75.3 Å². The van der Waals surface area contributed by atoms with Crippen molar-refractivity contribution in [3.8, 4) is 47.3 Å². The van der Waals surface area contributed by atoms with Gasteiger partial charge in [-0.15, -0.1) is 12.8 Å². The topological polar surface area (TPSA) is 80.9 Å². The van der Waals surface area contributed by atoms with Gasteiger partial charge in [-0.05, 0) is 147 Å². The van der Waals surface area contributed by atoms with Crippen LogP contribution in [0.3, 0.4) is 0 Å². The van der Waals surface area contributed by atoms with Gasteiger partial charge in [0.2, 0.25) is 0 Å². The van der Waals surface area contributed by atoms with Gasteiger partial charge < -0.3 is 20.4 Å². The van der Waals surface area contributed by atoms with Crippen LogP contribution in [0.1, 0.15) is 112 Å². The molecule has 2 aromatic rings. The summed E-state index contributed by atoms with van der Waals surface area (Å²) in [6, 6.07) is 7.97. The minimum absolute atomic E-state index is 0.251. The highest BCUT2D eigenvalue weighted by molar-refractivity contribution is 5.83. The molecule has 0 aromatic heterocycles. The summed E-state index contributed by atoms with van der Waals surface area (Å²) in [7, 11) is 0. The number of aliphatic hydroxyl groups is 2. The molecule has 4 fully saturated rings. The van der Waals surface area contributed by atoms with Crippen molar-refractivity contribution < 1.29 is 20.4 Å². The van der Waals surface area contributed by atoms with Crippen molar-refractivity contribution in [3.05, 3.63) is 46.5 Å². The van der Waals surface area contributed by atoms with Gasteiger partial charge in [-0.25, -0.2) is 0 Å². The second-order valence-electron chi connectivity index (χ2n) is 15.9. The van der Waals surface area contributed by atoms with E-state index >= 15 is 0 Å². The number of phenols is 2. The first-order valence-electron chi connectivity index (χ1n) is 17.1. The third-order valence-corrected chi connectivity index (χ3v) is 14.8. The van der Waals surface area contributed by atoms with Gasteiger partial charge in [0.15, 0.2) is 0 Å². The summed E-state index contributed by atoms with van der Waals surface area (Å²) in [4.78, 5) is 0. The summed E-state index contributed by atoms with van der Waals surface area (Å²) in [5, 5.41) is 45.7. The highest BCUT2D eigenvalue weighted by Gasteiger charge is 2.62. The summed E-state index contributed by atoms with van der Waals surface area (Å²) in [6.07, 6.45) is 22.5. The number of rotatable bonds is 1. The lowest BCUT2D eigenvalue weighted by Crippen LogP contribution is -2.50. The zero-order valence-electron chi connectivity index (χ0n) is 26.2. The van der Waals surface area contributed by atoms with Crippen LogP contribution in [0.15, 0.2) is 24.3 Å². The summed E-state index contributed by atoms with van der Waals surface area (Å²) in [5.74, 6) is 8.52. The van der Waals surface area contributed by atoms with Gasteiger partial charge in [-0.3, -0.25) is 0 Å². The number of hydrogen-bond acceptors (Lipinski definition) is 4. The Balaban J connectivity index is 1.18. The number of fused-ring (bicyclic) bond motifs is 10. The van der Waals surface area contributed by atoms with E-state index in [9.17, 15) is 20.4 Å². The molecule has 0 unspecified atom stereocenters. The maximum atomic E-state index is 11.5. The molecule has 4 saturated carbocycles. The molecule has 0 spiro atoms. The van der Waals surface area contributed by atoms with E-state index in [0.29, 0.717) is 48.3 Å². The minimum atomic E-state index is -1.02. The van der Waals surface area contributed by atoms with Crippen molar-refractivity contribution in [2.45, 2.75) is 114 Å². The molecular formula is C40H46O4. The Hall–Kier alpha value is -2.92. The minimum Gasteiger partial charge on any atom is -0.507 e. The van der Waals surface area contributed by atoms with Gasteiger partial charge >= 0.3 is 0 Å². The van der Waals surface area contributed by atoms with Gasteiger partial charge in [0.25, 0.3) is 0 Å². The quantitative estimate of drug-likeness (QED) is 0.265. The normalized spacial score (nSPS) is 43.3. The smallest absolute Gasteiger partial charge is 0.130 e. The van der Waals surface area contributed by atoms with E-state index < -0.39 is 11.2 Å². The highest BCUT2D eigenvalue weighted by atomic mass is 16.3. The van der Waals surface area contributed by atoms with Gasteiger partial charge in [0, 0.05) is 22.0 Å². The molecule has 4 heteroatoms. The fraction of sp³-hybridized carbons (Fsp3) is 0.600. The van der Waals surface area contributed by atoms with E-state index in [1.807, 2.05) is 12.1 Å². The van der Waals surface area contributed by atoms with E-state index in [-0.39, 0.29) is 22.3 Å². The lowest BCUT2D eigenvalue weighted by atomic mass is 9.52. The van der Waals surface area contributed by atoms with E-state index in [2.05, 4.69) is 37.8 Å². The zero-order chi connectivity index (χ0) is 30.8. The van der Waals surface area contributed by atoms with Crippen molar-refractivity contribution in [2.24, 2.45) is 34.5 Å². The van der Waals surface area contributed by atoms with Crippen molar-refractivity contribution in [2.75, 3.05) is 0 Å². The lowest BCUT2D eigenvalue weighted by Gasteiger charge is -2.52. The molecule has 4 nitrogen and oxygen atoms in total. The first-order valence-corrected chi connectivity index (χ1v) is 17.1. The standard InChI is InChI=1S/C40H46O4/c1-5-39(43)21-17-31-27-7-9-29-23(25(27)15-19-37(31,39)3)11-13-33(41)35(29)36-30-10-8-28-26(24(30)12-14-34(36)42)16-20-38(4)32(28)18-22-40(38,44)6-2/h1-2,11-14,25-28,31-32,41-44H,7-10,15-22H2,3-4H3/t25-,26-,27-,28-,31+,32+,37+,38+,39+,40+/m1/s1. The maximum Gasteiger partial charge on any atom is 0.130 e. The van der Waals surface area contributed by atoms with E-state index in [1.54, 1.807) is 0 Å². The molecule has 0 bridgehead atoms. The van der Waals surface area contributed by atoms with Crippen LogP contribution in [-0.2, 0) is 12.8 Å². The molecule has 4 N–H and O–H groups in total. The van der Waals surface area contributed by atoms with Crippen LogP contribution in [0.5, 0.6) is 11.5 Å². The van der Waals surface area contributed by atoms with Gasteiger partial charge in [-0.2, -0.15) is 0 Å². The first kappa shape index (κ1) is 28.5. The predicted octanol–water partition coefficient (Wildman–Crippen LogP) is 7.21. The van der Waals surface area contributed by atoms with E-state index in [1.165, 1.54) is 22.3 Å². The molecule has 0 saturated heterocycles. The Morgan fingerprint density at radius 3 is 1.41 bits per heavy atom. The summed E-state index contributed by atoms with van der Waals surface area (Å²) >= 11 is 0. The van der Waals surface area contributed by atoms with Crippen molar-refractivity contribution in [1.82, 2.24) is 0 Å². The molecule has 0 amide bonds. The number of phenolic OH excluding ortho intramolecular Hbond substituents is 2. The molecule has 0 aliphatic heterocycles. The number of terminal acetylenes is 2. The molecule has 0 heterocycles. The number of hydrogen-bond donors (Lipinski definition) is 4. The van der Waals surface area contributed by atoms with E-state index in [4.69, 9.17) is 12.8 Å². The first-order chi connectivity index (χ1) is 21.0. The summed E-state index contributed by atoms with van der Waals surface area (Å²) in [5.41, 5.74) is 4.12.